The summed E-state index contributed by atoms with van der Waals surface area (Å²) in [7, 11) is 0. The van der Waals surface area contributed by atoms with Crippen LogP contribution in [0.15, 0.2) is 0 Å². The molecule has 2 amide bonds. The monoisotopic (exact) mass is 285 g/mol. The number of nitrogens with zero attached hydrogens (tertiary/aromatic N) is 1. The van der Waals surface area contributed by atoms with E-state index < -0.39 is 12.7 Å². The van der Waals surface area contributed by atoms with E-state index in [1.54, 1.807) is 0 Å². The Balaban J connectivity index is 1.78. The highest BCUT2D eigenvalue weighted by molar-refractivity contribution is 5.89. The molecule has 114 valence electrons. The summed E-state index contributed by atoms with van der Waals surface area (Å²) in [6.07, 6.45) is 5.79. The summed E-state index contributed by atoms with van der Waals surface area (Å²) >= 11 is 0. The second-order valence-corrected chi connectivity index (χ2v) is 5.63. The maximum absolute atomic E-state index is 12.4. The number of amides is 2. The topological polar surface area (TPSA) is 61.4 Å². The van der Waals surface area contributed by atoms with Crippen LogP contribution in [0, 0.1) is 0 Å². The molecule has 2 N–H and O–H groups in total. The van der Waals surface area contributed by atoms with Gasteiger partial charge in [0.2, 0.25) is 11.8 Å². The molecule has 0 spiro atoms. The van der Waals surface area contributed by atoms with Gasteiger partial charge in [0.05, 0.1) is 12.5 Å². The second kappa shape index (κ2) is 7.57. The van der Waals surface area contributed by atoms with Crippen LogP contribution in [-0.4, -0.2) is 55.1 Å². The minimum Gasteiger partial charge on any atom is -0.353 e. The molecule has 1 heterocycles. The Morgan fingerprint density at radius 3 is 2.80 bits per heavy atom. The maximum Gasteiger partial charge on any atom is 0.240 e. The zero-order valence-corrected chi connectivity index (χ0v) is 11.9. The minimum absolute atomic E-state index is 0.0788. The maximum atomic E-state index is 12.4. The summed E-state index contributed by atoms with van der Waals surface area (Å²) < 4.78 is 12.4. The molecule has 0 aromatic heterocycles. The lowest BCUT2D eigenvalue weighted by Crippen LogP contribution is -2.57. The number of carbonyl (C=O) groups excluding carboxylic acids is 2. The predicted molar refractivity (Wildman–Crippen MR) is 74.0 cm³/mol. The number of hydrogen-bond donors (Lipinski definition) is 2. The van der Waals surface area contributed by atoms with Crippen LogP contribution in [0.1, 0.15) is 38.5 Å². The van der Waals surface area contributed by atoms with Gasteiger partial charge >= 0.3 is 0 Å². The molecule has 0 bridgehead atoms. The van der Waals surface area contributed by atoms with Crippen molar-refractivity contribution in [1.29, 1.82) is 0 Å². The normalized spacial score (nSPS) is 24.8. The molecule has 2 rings (SSSR count). The van der Waals surface area contributed by atoms with Crippen molar-refractivity contribution in [3.05, 3.63) is 0 Å². The average molecular weight is 285 g/mol. The van der Waals surface area contributed by atoms with Crippen LogP contribution in [-0.2, 0) is 9.59 Å². The van der Waals surface area contributed by atoms with Gasteiger partial charge in [0.1, 0.15) is 6.67 Å². The Hall–Kier alpha value is -1.17. The van der Waals surface area contributed by atoms with E-state index in [9.17, 15) is 14.0 Å². The van der Waals surface area contributed by atoms with Crippen molar-refractivity contribution in [2.24, 2.45) is 0 Å². The third-order valence-corrected chi connectivity index (χ3v) is 4.10. The summed E-state index contributed by atoms with van der Waals surface area (Å²) in [5.41, 5.74) is 0. The summed E-state index contributed by atoms with van der Waals surface area (Å²) in [4.78, 5) is 25.5. The zero-order valence-electron chi connectivity index (χ0n) is 11.9. The lowest BCUT2D eigenvalue weighted by atomic mass is 9.95. The van der Waals surface area contributed by atoms with E-state index in [1.807, 2.05) is 0 Å². The van der Waals surface area contributed by atoms with Gasteiger partial charge in [-0.05, 0) is 12.8 Å². The number of rotatable bonds is 5. The molecule has 6 heteroatoms. The molecule has 1 aliphatic heterocycles. The molecule has 1 atom stereocenters. The molecule has 1 unspecified atom stereocenters. The van der Waals surface area contributed by atoms with E-state index in [0.717, 1.165) is 25.7 Å². The molecule has 2 fully saturated rings. The Kier molecular flexibility index (Phi) is 5.76. The number of halogens is 1. The highest BCUT2D eigenvalue weighted by Crippen LogP contribution is 2.17. The largest absolute Gasteiger partial charge is 0.353 e. The van der Waals surface area contributed by atoms with E-state index in [-0.39, 0.29) is 30.8 Å². The first-order valence-corrected chi connectivity index (χ1v) is 7.58. The molecular weight excluding hydrogens is 261 g/mol. The Labute approximate surface area is 119 Å². The van der Waals surface area contributed by atoms with Crippen LogP contribution in [0.4, 0.5) is 4.39 Å². The van der Waals surface area contributed by atoms with Crippen LogP contribution in [0.2, 0.25) is 0 Å². The van der Waals surface area contributed by atoms with Crippen molar-refractivity contribution >= 4 is 11.8 Å². The van der Waals surface area contributed by atoms with Crippen molar-refractivity contribution < 1.29 is 14.0 Å². The highest BCUT2D eigenvalue weighted by Gasteiger charge is 2.30. The van der Waals surface area contributed by atoms with Crippen molar-refractivity contribution in [2.75, 3.05) is 26.3 Å². The van der Waals surface area contributed by atoms with Gasteiger partial charge in [-0.25, -0.2) is 4.39 Å². The van der Waals surface area contributed by atoms with Gasteiger partial charge in [0, 0.05) is 25.7 Å². The fourth-order valence-corrected chi connectivity index (χ4v) is 2.99. The molecule has 0 aromatic carbocycles. The third kappa shape index (κ3) is 4.16. The predicted octanol–water partition coefficient (Wildman–Crippen LogP) is 0.595. The molecule has 2 aliphatic rings. The van der Waals surface area contributed by atoms with E-state index in [2.05, 4.69) is 10.6 Å². The first kappa shape index (κ1) is 15.2. The van der Waals surface area contributed by atoms with Gasteiger partial charge in [-0.15, -0.1) is 0 Å². The van der Waals surface area contributed by atoms with Gasteiger partial charge in [0.25, 0.3) is 0 Å². The molecular formula is C14H24FN3O2. The lowest BCUT2D eigenvalue weighted by Gasteiger charge is -2.32. The smallest absolute Gasteiger partial charge is 0.240 e. The molecule has 1 aliphatic carbocycles. The number of nitrogens with one attached hydrogen (secondary N) is 2. The molecule has 1 saturated carbocycles. The number of alkyl halides is 1. The standard InChI is InChI=1S/C14H24FN3O2/c15-6-8-18-9-7-16-12(14(18)20)10-13(19)17-11-4-2-1-3-5-11/h11-12,16H,1-10H2,(H,17,19). The molecule has 0 aromatic rings. The Morgan fingerprint density at radius 2 is 2.10 bits per heavy atom. The summed E-state index contributed by atoms with van der Waals surface area (Å²) in [5, 5.41) is 6.06. The Morgan fingerprint density at radius 1 is 1.35 bits per heavy atom. The van der Waals surface area contributed by atoms with Crippen molar-refractivity contribution in [1.82, 2.24) is 15.5 Å². The van der Waals surface area contributed by atoms with Gasteiger partial charge in [-0.3, -0.25) is 9.59 Å². The molecule has 1 saturated heterocycles. The van der Waals surface area contributed by atoms with Gasteiger partial charge < -0.3 is 15.5 Å². The van der Waals surface area contributed by atoms with Crippen molar-refractivity contribution in [2.45, 2.75) is 50.6 Å². The zero-order chi connectivity index (χ0) is 14.4. The Bertz CT molecular complexity index is 343. The van der Waals surface area contributed by atoms with Crippen LogP contribution in [0.5, 0.6) is 0 Å². The van der Waals surface area contributed by atoms with Crippen LogP contribution < -0.4 is 10.6 Å². The molecule has 0 radical (unpaired) electrons. The van der Waals surface area contributed by atoms with Gasteiger partial charge in [0.15, 0.2) is 0 Å². The van der Waals surface area contributed by atoms with E-state index in [4.69, 9.17) is 0 Å². The van der Waals surface area contributed by atoms with Crippen molar-refractivity contribution in [3.8, 4) is 0 Å². The molecule has 5 nitrogen and oxygen atoms in total. The summed E-state index contributed by atoms with van der Waals surface area (Å²) in [5.74, 6) is -0.238. The average Bonchev–Trinajstić information content (AvgIpc) is 2.44. The number of piperazine rings is 1. The van der Waals surface area contributed by atoms with Crippen molar-refractivity contribution in [3.63, 3.8) is 0 Å². The molecule has 20 heavy (non-hydrogen) atoms. The van der Waals surface area contributed by atoms with Gasteiger partial charge in [-0.1, -0.05) is 19.3 Å². The fraction of sp³-hybridized carbons (Fsp3) is 0.857. The second-order valence-electron chi connectivity index (χ2n) is 5.63. The first-order valence-electron chi connectivity index (χ1n) is 7.58. The summed E-state index contributed by atoms with van der Waals surface area (Å²) in [6, 6.07) is -0.240. The van der Waals surface area contributed by atoms with E-state index in [0.29, 0.717) is 13.1 Å². The highest BCUT2D eigenvalue weighted by atomic mass is 19.1. The summed E-state index contributed by atoms with van der Waals surface area (Å²) in [6.45, 7) is 0.727. The third-order valence-electron chi connectivity index (χ3n) is 4.10. The number of carbonyl (C=O) groups is 2. The van der Waals surface area contributed by atoms with Crippen LogP contribution in [0.3, 0.4) is 0 Å². The van der Waals surface area contributed by atoms with E-state index >= 15 is 0 Å². The van der Waals surface area contributed by atoms with Crippen LogP contribution in [0.25, 0.3) is 0 Å². The lowest BCUT2D eigenvalue weighted by molar-refractivity contribution is -0.138. The minimum atomic E-state index is -0.535. The van der Waals surface area contributed by atoms with Crippen LogP contribution >= 0.6 is 0 Å². The quantitative estimate of drug-likeness (QED) is 0.777. The van der Waals surface area contributed by atoms with E-state index in [1.165, 1.54) is 11.3 Å². The van der Waals surface area contributed by atoms with Gasteiger partial charge in [-0.2, -0.15) is 0 Å². The SMILES string of the molecule is O=C(CC1NCCN(CCF)C1=O)NC1CCCCC1. The number of hydrogen-bond acceptors (Lipinski definition) is 3. The first-order chi connectivity index (χ1) is 9.70. The fourth-order valence-electron chi connectivity index (χ4n) is 2.99.